The Morgan fingerprint density at radius 2 is 2.21 bits per heavy atom. The molecule has 1 saturated carbocycles. The molecule has 100 valence electrons. The van der Waals surface area contributed by atoms with E-state index in [9.17, 15) is 15.0 Å². The highest BCUT2D eigenvalue weighted by molar-refractivity contribution is 5.76. The molecule has 0 amide bonds. The standard InChI is InChI=1S/C11H12N4O4/c12-11-13-8-3(9(18)14-11)1-2-15(8)10-6(17)4-5(16)7(4)19-10/h1-2,4-7,10,16-17H,(H3,12,13,14,18)/t4?,5?,6-,7+,10?/m1/s1. The zero-order valence-corrected chi connectivity index (χ0v) is 9.72. The topological polar surface area (TPSA) is 126 Å². The van der Waals surface area contributed by atoms with Crippen molar-refractivity contribution in [3.63, 3.8) is 0 Å². The van der Waals surface area contributed by atoms with Gasteiger partial charge in [0, 0.05) is 12.1 Å². The van der Waals surface area contributed by atoms with Gasteiger partial charge in [0.1, 0.15) is 6.10 Å². The van der Waals surface area contributed by atoms with E-state index in [1.54, 1.807) is 16.8 Å². The van der Waals surface area contributed by atoms with Gasteiger partial charge in [0.2, 0.25) is 5.95 Å². The Balaban J connectivity index is 1.83. The Bertz CT molecular complexity index is 723. The number of aliphatic hydroxyl groups is 2. The lowest BCUT2D eigenvalue weighted by Gasteiger charge is -2.20. The number of aliphatic hydroxyl groups excluding tert-OH is 2. The quantitative estimate of drug-likeness (QED) is 0.499. The molecule has 0 aromatic carbocycles. The highest BCUT2D eigenvalue weighted by atomic mass is 16.6. The van der Waals surface area contributed by atoms with Crippen LogP contribution in [-0.2, 0) is 4.74 Å². The summed E-state index contributed by atoms with van der Waals surface area (Å²) in [6.07, 6.45) is -0.786. The first-order valence-electron chi connectivity index (χ1n) is 5.96. The summed E-state index contributed by atoms with van der Waals surface area (Å²) in [6.45, 7) is 0. The van der Waals surface area contributed by atoms with Gasteiger partial charge in [-0.25, -0.2) is 0 Å². The zero-order valence-electron chi connectivity index (χ0n) is 9.72. The summed E-state index contributed by atoms with van der Waals surface area (Å²) in [5.74, 6) is -0.253. The Morgan fingerprint density at radius 1 is 1.42 bits per heavy atom. The molecule has 5 N–H and O–H groups in total. The van der Waals surface area contributed by atoms with Gasteiger partial charge in [-0.15, -0.1) is 0 Å². The Morgan fingerprint density at radius 3 is 2.89 bits per heavy atom. The number of aromatic amines is 1. The molecule has 2 aromatic heterocycles. The van der Waals surface area contributed by atoms with Gasteiger partial charge in [0.15, 0.2) is 11.9 Å². The van der Waals surface area contributed by atoms with E-state index in [1.165, 1.54) is 0 Å². The van der Waals surface area contributed by atoms with Gasteiger partial charge < -0.3 is 25.3 Å². The van der Waals surface area contributed by atoms with Crippen LogP contribution in [0.3, 0.4) is 0 Å². The van der Waals surface area contributed by atoms with E-state index in [-0.39, 0.29) is 23.5 Å². The minimum atomic E-state index is -0.821. The van der Waals surface area contributed by atoms with Crippen LogP contribution in [0, 0.1) is 5.92 Å². The number of aromatic nitrogens is 3. The van der Waals surface area contributed by atoms with Crippen LogP contribution in [-0.4, -0.2) is 43.1 Å². The average molecular weight is 264 g/mol. The minimum absolute atomic E-state index is 0.00938. The van der Waals surface area contributed by atoms with E-state index < -0.39 is 18.4 Å². The Kier molecular flexibility index (Phi) is 1.93. The van der Waals surface area contributed by atoms with Gasteiger partial charge in [0.05, 0.1) is 17.6 Å². The first kappa shape index (κ1) is 11.0. The number of anilines is 1. The van der Waals surface area contributed by atoms with E-state index in [0.29, 0.717) is 11.0 Å². The smallest absolute Gasteiger partial charge is 0.261 e. The van der Waals surface area contributed by atoms with Crippen LogP contribution in [0.25, 0.3) is 11.0 Å². The van der Waals surface area contributed by atoms with Gasteiger partial charge in [-0.2, -0.15) is 4.98 Å². The van der Waals surface area contributed by atoms with E-state index in [0.717, 1.165) is 0 Å². The SMILES string of the molecule is Nc1nc2c(ccn2C2O[C@@H]3C(O)C3[C@H]2O)c(=O)[nH]1. The van der Waals surface area contributed by atoms with E-state index in [1.807, 2.05) is 0 Å². The second kappa shape index (κ2) is 3.35. The van der Waals surface area contributed by atoms with Gasteiger partial charge in [-0.05, 0) is 6.07 Å². The van der Waals surface area contributed by atoms with Gasteiger partial charge in [0.25, 0.3) is 5.56 Å². The molecule has 1 aliphatic carbocycles. The van der Waals surface area contributed by atoms with Crippen molar-refractivity contribution in [1.29, 1.82) is 0 Å². The van der Waals surface area contributed by atoms with Gasteiger partial charge in [-0.1, -0.05) is 0 Å². The van der Waals surface area contributed by atoms with Crippen LogP contribution in [0.1, 0.15) is 6.23 Å². The fraction of sp³-hybridized carbons (Fsp3) is 0.455. The van der Waals surface area contributed by atoms with Crippen molar-refractivity contribution in [2.75, 3.05) is 5.73 Å². The highest BCUT2D eigenvalue weighted by Gasteiger charge is 2.63. The summed E-state index contributed by atoms with van der Waals surface area (Å²) in [5, 5.41) is 19.9. The maximum absolute atomic E-state index is 11.7. The van der Waals surface area contributed by atoms with E-state index in [2.05, 4.69) is 9.97 Å². The first-order chi connectivity index (χ1) is 9.08. The van der Waals surface area contributed by atoms with Crippen LogP contribution in [0.15, 0.2) is 17.1 Å². The molecule has 0 bridgehead atoms. The van der Waals surface area contributed by atoms with Crippen molar-refractivity contribution >= 4 is 17.0 Å². The van der Waals surface area contributed by atoms with Gasteiger partial charge >= 0.3 is 0 Å². The molecule has 2 fully saturated rings. The third-order valence-corrected chi connectivity index (χ3v) is 3.83. The number of nitrogens with two attached hydrogens (primary N) is 1. The van der Waals surface area contributed by atoms with Crippen molar-refractivity contribution in [1.82, 2.24) is 14.5 Å². The molecule has 1 aliphatic heterocycles. The maximum atomic E-state index is 11.7. The van der Waals surface area contributed by atoms with Crippen LogP contribution in [0.2, 0.25) is 0 Å². The van der Waals surface area contributed by atoms with Crippen molar-refractivity contribution in [2.45, 2.75) is 24.5 Å². The molecule has 2 aliphatic rings. The lowest BCUT2D eigenvalue weighted by Crippen LogP contribution is -2.26. The third kappa shape index (κ3) is 1.33. The second-order valence-corrected chi connectivity index (χ2v) is 4.96. The predicted molar refractivity (Wildman–Crippen MR) is 64.2 cm³/mol. The number of hydrogen-bond acceptors (Lipinski definition) is 6. The van der Waals surface area contributed by atoms with Crippen molar-refractivity contribution in [3.8, 4) is 0 Å². The summed E-state index contributed by atoms with van der Waals surface area (Å²) in [6, 6.07) is 1.59. The molecule has 1 saturated heterocycles. The molecule has 8 nitrogen and oxygen atoms in total. The second-order valence-electron chi connectivity index (χ2n) is 4.96. The molecule has 0 spiro atoms. The summed E-state index contributed by atoms with van der Waals surface area (Å²) in [5.41, 5.74) is 5.55. The number of hydrogen-bond donors (Lipinski definition) is 4. The molecule has 4 rings (SSSR count). The normalized spacial score (nSPS) is 36.6. The molecule has 5 atom stereocenters. The predicted octanol–water partition coefficient (Wildman–Crippen LogP) is -1.44. The van der Waals surface area contributed by atoms with Crippen molar-refractivity contribution in [3.05, 3.63) is 22.6 Å². The monoisotopic (exact) mass is 264 g/mol. The lowest BCUT2D eigenvalue weighted by atomic mass is 10.2. The van der Waals surface area contributed by atoms with E-state index in [4.69, 9.17) is 10.5 Å². The number of rotatable bonds is 1. The molecular weight excluding hydrogens is 252 g/mol. The summed E-state index contributed by atoms with van der Waals surface area (Å²) >= 11 is 0. The van der Waals surface area contributed by atoms with Crippen molar-refractivity contribution < 1.29 is 14.9 Å². The number of H-pyrrole nitrogens is 1. The zero-order chi connectivity index (χ0) is 13.3. The summed E-state index contributed by atoms with van der Waals surface area (Å²) < 4.78 is 7.14. The molecule has 2 aromatic rings. The summed E-state index contributed by atoms with van der Waals surface area (Å²) in [4.78, 5) is 18.2. The molecule has 19 heavy (non-hydrogen) atoms. The third-order valence-electron chi connectivity index (χ3n) is 3.83. The molecule has 3 unspecified atom stereocenters. The Hall–Kier alpha value is -1.90. The summed E-state index contributed by atoms with van der Waals surface area (Å²) in [7, 11) is 0. The first-order valence-corrected chi connectivity index (χ1v) is 5.96. The number of nitrogens with zero attached hydrogens (tertiary/aromatic N) is 2. The molecule has 0 radical (unpaired) electrons. The Labute approximate surface area is 106 Å². The van der Waals surface area contributed by atoms with Crippen LogP contribution in [0.5, 0.6) is 0 Å². The van der Waals surface area contributed by atoms with E-state index >= 15 is 0 Å². The van der Waals surface area contributed by atoms with Gasteiger partial charge in [-0.3, -0.25) is 9.78 Å². The number of fused-ring (bicyclic) bond motifs is 2. The fourth-order valence-corrected chi connectivity index (χ4v) is 2.78. The molecule has 8 heteroatoms. The maximum Gasteiger partial charge on any atom is 0.261 e. The average Bonchev–Trinajstić information content (AvgIpc) is 2.72. The number of nitrogen functional groups attached to an aromatic ring is 1. The largest absolute Gasteiger partial charge is 0.390 e. The lowest BCUT2D eigenvalue weighted by molar-refractivity contribution is -0.0667. The minimum Gasteiger partial charge on any atom is -0.390 e. The molecule has 3 heterocycles. The van der Waals surface area contributed by atoms with Crippen LogP contribution < -0.4 is 11.3 Å². The number of ether oxygens (including phenoxy) is 1. The van der Waals surface area contributed by atoms with Crippen LogP contribution in [0.4, 0.5) is 5.95 Å². The highest BCUT2D eigenvalue weighted by Crippen LogP contribution is 2.50. The van der Waals surface area contributed by atoms with Crippen molar-refractivity contribution in [2.24, 2.45) is 5.92 Å². The molecular formula is C11H12N4O4. The van der Waals surface area contributed by atoms with Crippen LogP contribution >= 0.6 is 0 Å². The number of nitrogens with one attached hydrogen (secondary N) is 1. The fourth-order valence-electron chi connectivity index (χ4n) is 2.78.